The minimum Gasteiger partial charge on any atom is -0.468 e. The van der Waals surface area contributed by atoms with Crippen molar-refractivity contribution in [1.29, 1.82) is 5.26 Å². The number of benzene rings is 1. The molecule has 0 fully saturated rings. The van der Waals surface area contributed by atoms with Crippen molar-refractivity contribution in [1.82, 2.24) is 5.32 Å². The van der Waals surface area contributed by atoms with Crippen LogP contribution in [0.15, 0.2) is 24.3 Å². The van der Waals surface area contributed by atoms with Gasteiger partial charge in [0.15, 0.2) is 0 Å². The van der Waals surface area contributed by atoms with Crippen molar-refractivity contribution < 1.29 is 9.53 Å². The number of hydrogen-bond acceptors (Lipinski definition) is 4. The fourth-order valence-electron chi connectivity index (χ4n) is 1.08. The molecule has 15 heavy (non-hydrogen) atoms. The van der Waals surface area contributed by atoms with Crippen molar-refractivity contribution in [3.63, 3.8) is 0 Å². The van der Waals surface area contributed by atoms with Crippen LogP contribution in [-0.2, 0) is 16.1 Å². The molecule has 0 atom stereocenters. The summed E-state index contributed by atoms with van der Waals surface area (Å²) < 4.78 is 4.48. The first-order valence-electron chi connectivity index (χ1n) is 4.53. The molecule has 1 aromatic carbocycles. The SMILES string of the molecule is COC(=O)CNCc1ccc(C#N)cc1. The summed E-state index contributed by atoms with van der Waals surface area (Å²) in [6, 6.07) is 9.23. The molecular weight excluding hydrogens is 192 g/mol. The van der Waals surface area contributed by atoms with Gasteiger partial charge >= 0.3 is 5.97 Å². The van der Waals surface area contributed by atoms with Gasteiger partial charge in [-0.05, 0) is 17.7 Å². The Morgan fingerprint density at radius 2 is 2.13 bits per heavy atom. The Morgan fingerprint density at radius 3 is 2.67 bits per heavy atom. The first kappa shape index (κ1) is 11.2. The van der Waals surface area contributed by atoms with Crippen LogP contribution in [0.25, 0.3) is 0 Å². The Bertz CT molecular complexity index is 365. The van der Waals surface area contributed by atoms with Gasteiger partial charge in [0.05, 0.1) is 25.3 Å². The minimum absolute atomic E-state index is 0.191. The second-order valence-corrected chi connectivity index (χ2v) is 2.99. The number of methoxy groups -OCH3 is 1. The zero-order valence-electron chi connectivity index (χ0n) is 8.49. The highest BCUT2D eigenvalue weighted by Gasteiger charge is 1.98. The van der Waals surface area contributed by atoms with Gasteiger partial charge in [-0.15, -0.1) is 0 Å². The Morgan fingerprint density at radius 1 is 1.47 bits per heavy atom. The second-order valence-electron chi connectivity index (χ2n) is 2.99. The first-order valence-corrected chi connectivity index (χ1v) is 4.53. The van der Waals surface area contributed by atoms with Crippen LogP contribution in [0, 0.1) is 11.3 Å². The number of carbonyl (C=O) groups excluding carboxylic acids is 1. The molecule has 1 N–H and O–H groups in total. The molecule has 0 unspecified atom stereocenters. The lowest BCUT2D eigenvalue weighted by Gasteiger charge is -2.03. The highest BCUT2D eigenvalue weighted by molar-refractivity contribution is 5.71. The van der Waals surface area contributed by atoms with E-state index in [2.05, 4.69) is 10.1 Å². The van der Waals surface area contributed by atoms with Gasteiger partial charge in [0.25, 0.3) is 0 Å². The zero-order chi connectivity index (χ0) is 11.1. The minimum atomic E-state index is -0.288. The first-order chi connectivity index (χ1) is 7.26. The van der Waals surface area contributed by atoms with Crippen LogP contribution in [-0.4, -0.2) is 19.6 Å². The molecule has 4 heteroatoms. The molecule has 1 aromatic rings. The third kappa shape index (κ3) is 3.79. The van der Waals surface area contributed by atoms with Crippen LogP contribution in [0.3, 0.4) is 0 Å². The molecule has 0 heterocycles. The van der Waals surface area contributed by atoms with Gasteiger partial charge < -0.3 is 10.1 Å². The lowest BCUT2D eigenvalue weighted by molar-refractivity contribution is -0.139. The van der Waals surface area contributed by atoms with Crippen molar-refractivity contribution in [2.45, 2.75) is 6.54 Å². The maximum Gasteiger partial charge on any atom is 0.319 e. The number of ether oxygens (including phenoxy) is 1. The summed E-state index contributed by atoms with van der Waals surface area (Å²) in [6.07, 6.45) is 0. The summed E-state index contributed by atoms with van der Waals surface area (Å²) in [6.45, 7) is 0.775. The van der Waals surface area contributed by atoms with Gasteiger partial charge in [-0.3, -0.25) is 4.79 Å². The third-order valence-corrected chi connectivity index (χ3v) is 1.91. The van der Waals surface area contributed by atoms with Crippen molar-refractivity contribution in [3.8, 4) is 6.07 Å². The Kier molecular flexibility index (Phi) is 4.32. The summed E-state index contributed by atoms with van der Waals surface area (Å²) in [5.41, 5.74) is 1.66. The fourth-order valence-corrected chi connectivity index (χ4v) is 1.08. The van der Waals surface area contributed by atoms with Gasteiger partial charge in [-0.25, -0.2) is 0 Å². The summed E-state index contributed by atoms with van der Waals surface area (Å²) in [7, 11) is 1.35. The fraction of sp³-hybridized carbons (Fsp3) is 0.273. The smallest absolute Gasteiger partial charge is 0.319 e. The number of nitrogens with zero attached hydrogens (tertiary/aromatic N) is 1. The zero-order valence-corrected chi connectivity index (χ0v) is 8.49. The quantitative estimate of drug-likeness (QED) is 0.737. The summed E-state index contributed by atoms with van der Waals surface area (Å²) >= 11 is 0. The average Bonchev–Trinajstić information content (AvgIpc) is 2.29. The van der Waals surface area contributed by atoms with Crippen molar-refractivity contribution in [3.05, 3.63) is 35.4 Å². The Balaban J connectivity index is 2.38. The monoisotopic (exact) mass is 204 g/mol. The summed E-state index contributed by atoms with van der Waals surface area (Å²) in [5.74, 6) is -0.288. The summed E-state index contributed by atoms with van der Waals surface area (Å²) in [5, 5.41) is 11.5. The Labute approximate surface area is 88.5 Å². The molecule has 0 saturated carbocycles. The molecule has 0 bridgehead atoms. The highest BCUT2D eigenvalue weighted by atomic mass is 16.5. The predicted octanol–water partition coefficient (Wildman–Crippen LogP) is 0.821. The molecule has 4 nitrogen and oxygen atoms in total. The van der Waals surface area contributed by atoms with Crippen molar-refractivity contribution in [2.24, 2.45) is 0 Å². The molecule has 0 aliphatic rings. The third-order valence-electron chi connectivity index (χ3n) is 1.91. The van der Waals surface area contributed by atoms with Gasteiger partial charge in [0.2, 0.25) is 0 Å². The highest BCUT2D eigenvalue weighted by Crippen LogP contribution is 2.02. The molecule has 0 radical (unpaired) electrons. The molecule has 0 saturated heterocycles. The van der Waals surface area contributed by atoms with Crippen LogP contribution in [0.2, 0.25) is 0 Å². The number of esters is 1. The average molecular weight is 204 g/mol. The molecule has 0 aliphatic carbocycles. The summed E-state index contributed by atoms with van der Waals surface area (Å²) in [4.78, 5) is 10.8. The number of rotatable bonds is 4. The van der Waals surface area contributed by atoms with Gasteiger partial charge in [-0.2, -0.15) is 5.26 Å². The topological polar surface area (TPSA) is 62.1 Å². The van der Waals surface area contributed by atoms with E-state index in [1.165, 1.54) is 7.11 Å². The number of hydrogen-bond donors (Lipinski definition) is 1. The largest absolute Gasteiger partial charge is 0.468 e. The molecule has 0 aliphatic heterocycles. The van der Waals surface area contributed by atoms with E-state index in [1.54, 1.807) is 12.1 Å². The van der Waals surface area contributed by atoms with Gasteiger partial charge in [-0.1, -0.05) is 12.1 Å². The Hall–Kier alpha value is -1.86. The van der Waals surface area contributed by atoms with E-state index in [-0.39, 0.29) is 12.5 Å². The molecule has 0 aromatic heterocycles. The van der Waals surface area contributed by atoms with E-state index in [9.17, 15) is 4.79 Å². The van der Waals surface area contributed by atoms with E-state index in [4.69, 9.17) is 5.26 Å². The normalized spacial score (nSPS) is 9.33. The van der Waals surface area contributed by atoms with Crippen LogP contribution in [0.5, 0.6) is 0 Å². The molecule has 0 amide bonds. The van der Waals surface area contributed by atoms with E-state index >= 15 is 0 Å². The van der Waals surface area contributed by atoms with E-state index < -0.39 is 0 Å². The van der Waals surface area contributed by atoms with Gasteiger partial charge in [0, 0.05) is 6.54 Å². The lowest BCUT2D eigenvalue weighted by atomic mass is 10.1. The van der Waals surface area contributed by atoms with Crippen LogP contribution < -0.4 is 5.32 Å². The van der Waals surface area contributed by atoms with E-state index in [0.29, 0.717) is 12.1 Å². The number of nitriles is 1. The molecular formula is C11H12N2O2. The van der Waals surface area contributed by atoms with Crippen molar-refractivity contribution in [2.75, 3.05) is 13.7 Å². The van der Waals surface area contributed by atoms with Gasteiger partial charge in [0.1, 0.15) is 0 Å². The lowest BCUT2D eigenvalue weighted by Crippen LogP contribution is -2.23. The van der Waals surface area contributed by atoms with Crippen LogP contribution in [0.4, 0.5) is 0 Å². The van der Waals surface area contributed by atoms with Crippen LogP contribution >= 0.6 is 0 Å². The maximum atomic E-state index is 10.8. The van der Waals surface area contributed by atoms with E-state index in [0.717, 1.165) is 5.56 Å². The molecule has 1 rings (SSSR count). The van der Waals surface area contributed by atoms with Crippen molar-refractivity contribution >= 4 is 5.97 Å². The van der Waals surface area contributed by atoms with E-state index in [1.807, 2.05) is 18.2 Å². The standard InChI is InChI=1S/C11H12N2O2/c1-15-11(14)8-13-7-10-4-2-9(6-12)3-5-10/h2-5,13H,7-8H2,1H3. The number of carbonyl (C=O) groups is 1. The maximum absolute atomic E-state index is 10.8. The molecule has 0 spiro atoms. The van der Waals surface area contributed by atoms with Crippen LogP contribution in [0.1, 0.15) is 11.1 Å². The second kappa shape index (κ2) is 5.78. The number of nitrogens with one attached hydrogen (secondary N) is 1. The molecule has 78 valence electrons. The predicted molar refractivity (Wildman–Crippen MR) is 54.9 cm³/mol.